The highest BCUT2D eigenvalue weighted by Crippen LogP contribution is 2.30. The molecule has 0 saturated heterocycles. The lowest BCUT2D eigenvalue weighted by Crippen LogP contribution is -2.40. The van der Waals surface area contributed by atoms with Gasteiger partial charge in [-0.1, -0.05) is 32.8 Å². The van der Waals surface area contributed by atoms with Gasteiger partial charge in [0.25, 0.3) is 0 Å². The van der Waals surface area contributed by atoms with E-state index in [0.29, 0.717) is 0 Å². The first kappa shape index (κ1) is 12.1. The number of thiophene rings is 1. The van der Waals surface area contributed by atoms with Crippen LogP contribution in [0.15, 0.2) is 17.5 Å². The summed E-state index contributed by atoms with van der Waals surface area (Å²) in [5.41, 5.74) is 0. The first-order valence-corrected chi connectivity index (χ1v) is 7.41. The molecule has 0 aliphatic heterocycles. The standard InChI is InChI=1S/C14H23NS/c1-11(2)13-7-3-4-8-14(13)15-10-12-6-5-9-16-12/h5-6,9,11,13-15H,3-4,7-8,10H2,1-2H3. The van der Waals surface area contributed by atoms with Crippen LogP contribution in [-0.2, 0) is 6.54 Å². The Kier molecular flexibility index (Phi) is 4.42. The molecular formula is C14H23NS. The van der Waals surface area contributed by atoms with Crippen molar-refractivity contribution in [2.24, 2.45) is 11.8 Å². The minimum absolute atomic E-state index is 0.746. The average molecular weight is 237 g/mol. The summed E-state index contributed by atoms with van der Waals surface area (Å²) in [7, 11) is 0. The molecule has 2 atom stereocenters. The van der Waals surface area contributed by atoms with Crippen LogP contribution in [0.5, 0.6) is 0 Å². The molecule has 0 bridgehead atoms. The second kappa shape index (κ2) is 5.83. The number of hydrogen-bond acceptors (Lipinski definition) is 2. The molecule has 0 amide bonds. The van der Waals surface area contributed by atoms with Gasteiger partial charge in [0.2, 0.25) is 0 Å². The van der Waals surface area contributed by atoms with E-state index in [1.54, 1.807) is 0 Å². The lowest BCUT2D eigenvalue weighted by Gasteiger charge is -2.35. The molecule has 1 aromatic heterocycles. The number of hydrogen-bond donors (Lipinski definition) is 1. The molecule has 90 valence electrons. The van der Waals surface area contributed by atoms with Crippen molar-refractivity contribution in [1.29, 1.82) is 0 Å². The molecule has 0 radical (unpaired) electrons. The maximum absolute atomic E-state index is 3.77. The summed E-state index contributed by atoms with van der Waals surface area (Å²) in [5, 5.41) is 5.93. The molecule has 1 saturated carbocycles. The van der Waals surface area contributed by atoms with Crippen LogP contribution in [0.1, 0.15) is 44.4 Å². The van der Waals surface area contributed by atoms with E-state index in [1.165, 1.54) is 30.6 Å². The molecule has 1 nitrogen and oxygen atoms in total. The molecule has 2 unspecified atom stereocenters. The minimum Gasteiger partial charge on any atom is -0.309 e. The Hall–Kier alpha value is -0.340. The van der Waals surface area contributed by atoms with Gasteiger partial charge in [0.05, 0.1) is 0 Å². The molecule has 1 heterocycles. The van der Waals surface area contributed by atoms with E-state index in [0.717, 1.165) is 24.4 Å². The first-order chi connectivity index (χ1) is 7.77. The van der Waals surface area contributed by atoms with Crippen LogP contribution >= 0.6 is 11.3 Å². The molecule has 1 aliphatic rings. The lowest BCUT2D eigenvalue weighted by molar-refractivity contribution is 0.205. The normalized spacial score (nSPS) is 26.2. The smallest absolute Gasteiger partial charge is 0.0302 e. The van der Waals surface area contributed by atoms with E-state index < -0.39 is 0 Å². The fourth-order valence-electron chi connectivity index (χ4n) is 2.86. The van der Waals surface area contributed by atoms with Gasteiger partial charge in [0, 0.05) is 17.5 Å². The molecule has 2 heteroatoms. The van der Waals surface area contributed by atoms with Gasteiger partial charge in [0.1, 0.15) is 0 Å². The maximum atomic E-state index is 3.77. The van der Waals surface area contributed by atoms with Crippen molar-refractivity contribution < 1.29 is 0 Å². The van der Waals surface area contributed by atoms with Gasteiger partial charge in [-0.05, 0) is 36.1 Å². The highest BCUT2D eigenvalue weighted by molar-refractivity contribution is 7.09. The lowest BCUT2D eigenvalue weighted by atomic mass is 9.78. The predicted octanol–water partition coefficient (Wildman–Crippen LogP) is 4.05. The molecule has 1 fully saturated rings. The molecule has 1 N–H and O–H groups in total. The molecular weight excluding hydrogens is 214 g/mol. The Bertz CT molecular complexity index is 292. The third-order valence-corrected chi connectivity index (χ3v) is 4.67. The van der Waals surface area contributed by atoms with Crippen molar-refractivity contribution in [3.63, 3.8) is 0 Å². The largest absolute Gasteiger partial charge is 0.309 e. The minimum atomic E-state index is 0.746. The van der Waals surface area contributed by atoms with Crippen LogP contribution in [0.2, 0.25) is 0 Å². The highest BCUT2D eigenvalue weighted by atomic mass is 32.1. The average Bonchev–Trinajstić information content (AvgIpc) is 2.79. The van der Waals surface area contributed by atoms with Crippen molar-refractivity contribution in [3.8, 4) is 0 Å². The Balaban J connectivity index is 1.86. The second-order valence-electron chi connectivity index (χ2n) is 5.26. The van der Waals surface area contributed by atoms with Gasteiger partial charge in [-0.2, -0.15) is 0 Å². The summed E-state index contributed by atoms with van der Waals surface area (Å²) in [4.78, 5) is 1.47. The van der Waals surface area contributed by atoms with Crippen molar-refractivity contribution in [2.75, 3.05) is 0 Å². The summed E-state index contributed by atoms with van der Waals surface area (Å²) >= 11 is 1.86. The van der Waals surface area contributed by atoms with Crippen LogP contribution in [0, 0.1) is 11.8 Å². The third-order valence-electron chi connectivity index (χ3n) is 3.79. The van der Waals surface area contributed by atoms with Crippen molar-refractivity contribution in [2.45, 2.75) is 52.1 Å². The van der Waals surface area contributed by atoms with Gasteiger partial charge in [0.15, 0.2) is 0 Å². The van der Waals surface area contributed by atoms with Gasteiger partial charge >= 0.3 is 0 Å². The zero-order chi connectivity index (χ0) is 11.4. The quantitative estimate of drug-likeness (QED) is 0.833. The van der Waals surface area contributed by atoms with E-state index in [4.69, 9.17) is 0 Å². The molecule has 2 rings (SSSR count). The Labute approximate surface area is 103 Å². The zero-order valence-corrected chi connectivity index (χ0v) is 11.2. The van der Waals surface area contributed by atoms with Gasteiger partial charge in [-0.3, -0.25) is 0 Å². The Morgan fingerprint density at radius 3 is 2.88 bits per heavy atom. The van der Waals surface area contributed by atoms with E-state index >= 15 is 0 Å². The molecule has 1 aliphatic carbocycles. The molecule has 1 aromatic rings. The summed E-state index contributed by atoms with van der Waals surface area (Å²) < 4.78 is 0. The number of nitrogens with one attached hydrogen (secondary N) is 1. The first-order valence-electron chi connectivity index (χ1n) is 6.53. The van der Waals surface area contributed by atoms with Gasteiger partial charge in [-0.25, -0.2) is 0 Å². The van der Waals surface area contributed by atoms with Gasteiger partial charge < -0.3 is 5.32 Å². The van der Waals surface area contributed by atoms with Crippen LogP contribution in [-0.4, -0.2) is 6.04 Å². The topological polar surface area (TPSA) is 12.0 Å². The number of rotatable bonds is 4. The Morgan fingerprint density at radius 2 is 2.19 bits per heavy atom. The molecule has 0 spiro atoms. The highest BCUT2D eigenvalue weighted by Gasteiger charge is 2.26. The van der Waals surface area contributed by atoms with Crippen LogP contribution in [0.3, 0.4) is 0 Å². The fraction of sp³-hybridized carbons (Fsp3) is 0.714. The zero-order valence-electron chi connectivity index (χ0n) is 10.4. The molecule has 0 aromatic carbocycles. The monoisotopic (exact) mass is 237 g/mol. The molecule has 16 heavy (non-hydrogen) atoms. The van der Waals surface area contributed by atoms with E-state index in [9.17, 15) is 0 Å². The maximum Gasteiger partial charge on any atom is 0.0302 e. The van der Waals surface area contributed by atoms with E-state index in [1.807, 2.05) is 11.3 Å². The van der Waals surface area contributed by atoms with Crippen molar-refractivity contribution in [3.05, 3.63) is 22.4 Å². The van der Waals surface area contributed by atoms with Crippen LogP contribution in [0.25, 0.3) is 0 Å². The third kappa shape index (κ3) is 3.08. The SMILES string of the molecule is CC(C)C1CCCCC1NCc1cccs1. The summed E-state index contributed by atoms with van der Waals surface area (Å²) in [6.45, 7) is 5.80. The van der Waals surface area contributed by atoms with E-state index in [2.05, 4.69) is 36.7 Å². The summed E-state index contributed by atoms with van der Waals surface area (Å²) in [6, 6.07) is 5.11. The van der Waals surface area contributed by atoms with E-state index in [-0.39, 0.29) is 0 Å². The van der Waals surface area contributed by atoms with Crippen molar-refractivity contribution >= 4 is 11.3 Å². The van der Waals surface area contributed by atoms with Crippen LogP contribution < -0.4 is 5.32 Å². The van der Waals surface area contributed by atoms with Crippen LogP contribution in [0.4, 0.5) is 0 Å². The fourth-order valence-corrected chi connectivity index (χ4v) is 3.51. The van der Waals surface area contributed by atoms with Gasteiger partial charge in [-0.15, -0.1) is 11.3 Å². The Morgan fingerprint density at radius 1 is 1.38 bits per heavy atom. The second-order valence-corrected chi connectivity index (χ2v) is 6.29. The summed E-state index contributed by atoms with van der Waals surface area (Å²) in [6.07, 6.45) is 5.62. The predicted molar refractivity (Wildman–Crippen MR) is 71.7 cm³/mol. The summed E-state index contributed by atoms with van der Waals surface area (Å²) in [5.74, 6) is 1.70. The van der Waals surface area contributed by atoms with Crippen molar-refractivity contribution in [1.82, 2.24) is 5.32 Å².